The molecule has 2 aromatic carbocycles. The van der Waals surface area contributed by atoms with Crippen molar-refractivity contribution in [2.75, 3.05) is 6.26 Å². The molecule has 0 aliphatic heterocycles. The molecule has 0 fully saturated rings. The zero-order valence-electron chi connectivity index (χ0n) is 12.2. The number of nitrogens with zero attached hydrogens (tertiary/aromatic N) is 4. The van der Waals surface area contributed by atoms with Crippen LogP contribution < -0.4 is 0 Å². The molecule has 0 unspecified atom stereocenters. The van der Waals surface area contributed by atoms with Crippen LogP contribution in [0.15, 0.2) is 58.8 Å². The summed E-state index contributed by atoms with van der Waals surface area (Å²) in [6, 6.07) is 14.4. The number of aromatic hydroxyl groups is 1. The fourth-order valence-electron chi connectivity index (χ4n) is 2.01. The summed E-state index contributed by atoms with van der Waals surface area (Å²) in [7, 11) is 0. The van der Waals surface area contributed by atoms with Gasteiger partial charge in [0.2, 0.25) is 5.16 Å². The fourth-order valence-corrected chi connectivity index (χ4v) is 2.61. The Balaban J connectivity index is 2.04. The number of aromatic nitrogens is 3. The Bertz CT molecular complexity index is 849. The predicted molar refractivity (Wildman–Crippen MR) is 93.3 cm³/mol. The molecule has 1 heterocycles. The molecule has 3 aromatic rings. The Labute approximate surface area is 142 Å². The van der Waals surface area contributed by atoms with Crippen molar-refractivity contribution in [2.45, 2.75) is 5.16 Å². The minimum atomic E-state index is 0.132. The van der Waals surface area contributed by atoms with E-state index in [2.05, 4.69) is 15.3 Å². The number of phenolic OH excluding ortho intramolecular Hbond substituents is 1. The van der Waals surface area contributed by atoms with Gasteiger partial charge in [-0.15, -0.1) is 10.2 Å². The Morgan fingerprint density at radius 3 is 2.70 bits per heavy atom. The summed E-state index contributed by atoms with van der Waals surface area (Å²) in [6.07, 6.45) is 3.49. The summed E-state index contributed by atoms with van der Waals surface area (Å²) < 4.78 is 1.65. The van der Waals surface area contributed by atoms with Crippen molar-refractivity contribution in [2.24, 2.45) is 5.10 Å². The lowest BCUT2D eigenvalue weighted by atomic mass is 10.2. The smallest absolute Gasteiger partial charge is 0.212 e. The van der Waals surface area contributed by atoms with Gasteiger partial charge in [0, 0.05) is 16.1 Å². The average Bonchev–Trinajstić information content (AvgIpc) is 2.99. The standard InChI is InChI=1S/C16H13ClN4OS/c1-23-16-20-19-15(11-5-3-2-4-6-11)21(16)18-10-12-9-13(22)7-8-14(12)17/h2-10,22H,1H3/b18-10+. The lowest BCUT2D eigenvalue weighted by Gasteiger charge is -2.04. The molecule has 1 N–H and O–H groups in total. The largest absolute Gasteiger partial charge is 0.508 e. The molecule has 0 bridgehead atoms. The maximum atomic E-state index is 9.57. The van der Waals surface area contributed by atoms with Gasteiger partial charge in [0.05, 0.1) is 6.21 Å². The number of hydrogen-bond acceptors (Lipinski definition) is 5. The molecule has 0 aliphatic rings. The normalized spacial score (nSPS) is 11.2. The van der Waals surface area contributed by atoms with Crippen LogP contribution in [0.5, 0.6) is 5.75 Å². The summed E-state index contributed by atoms with van der Waals surface area (Å²) in [5, 5.41) is 23.5. The van der Waals surface area contributed by atoms with E-state index in [0.29, 0.717) is 21.6 Å². The first-order valence-electron chi connectivity index (χ1n) is 6.76. The highest BCUT2D eigenvalue weighted by atomic mass is 35.5. The lowest BCUT2D eigenvalue weighted by Crippen LogP contribution is -1.96. The second-order valence-corrected chi connectivity index (χ2v) is 5.82. The molecule has 1 aromatic heterocycles. The highest BCUT2D eigenvalue weighted by Crippen LogP contribution is 2.23. The van der Waals surface area contributed by atoms with Crippen molar-refractivity contribution in [1.82, 2.24) is 14.9 Å². The van der Waals surface area contributed by atoms with Crippen molar-refractivity contribution in [3.8, 4) is 17.1 Å². The van der Waals surface area contributed by atoms with Gasteiger partial charge in [0.15, 0.2) is 5.82 Å². The van der Waals surface area contributed by atoms with E-state index in [9.17, 15) is 5.11 Å². The quantitative estimate of drug-likeness (QED) is 0.575. The summed E-state index contributed by atoms with van der Waals surface area (Å²) in [5.41, 5.74) is 1.53. The molecule has 3 rings (SSSR count). The van der Waals surface area contributed by atoms with Crippen LogP contribution in [0.3, 0.4) is 0 Å². The summed E-state index contributed by atoms with van der Waals surface area (Å²) in [6.45, 7) is 0. The number of phenols is 1. The Morgan fingerprint density at radius 1 is 1.17 bits per heavy atom. The number of benzene rings is 2. The lowest BCUT2D eigenvalue weighted by molar-refractivity contribution is 0.475. The van der Waals surface area contributed by atoms with Gasteiger partial charge < -0.3 is 5.11 Å². The molecular formula is C16H13ClN4OS. The summed E-state index contributed by atoms with van der Waals surface area (Å²) in [5.74, 6) is 0.774. The van der Waals surface area contributed by atoms with E-state index in [-0.39, 0.29) is 5.75 Å². The first-order valence-corrected chi connectivity index (χ1v) is 8.37. The molecule has 116 valence electrons. The predicted octanol–water partition coefficient (Wildman–Crippen LogP) is 3.91. The van der Waals surface area contributed by atoms with E-state index in [1.165, 1.54) is 17.8 Å². The van der Waals surface area contributed by atoms with E-state index in [1.807, 2.05) is 36.6 Å². The zero-order valence-corrected chi connectivity index (χ0v) is 13.8. The molecule has 0 radical (unpaired) electrons. The third-order valence-corrected chi connectivity index (χ3v) is 4.08. The molecule has 5 nitrogen and oxygen atoms in total. The van der Waals surface area contributed by atoms with Crippen LogP contribution in [0.1, 0.15) is 5.56 Å². The second-order valence-electron chi connectivity index (χ2n) is 4.64. The van der Waals surface area contributed by atoms with Gasteiger partial charge in [-0.3, -0.25) is 0 Å². The first-order chi connectivity index (χ1) is 11.2. The first kappa shape index (κ1) is 15.6. The zero-order chi connectivity index (χ0) is 16.2. The second kappa shape index (κ2) is 6.85. The summed E-state index contributed by atoms with van der Waals surface area (Å²) in [4.78, 5) is 0. The van der Waals surface area contributed by atoms with Crippen LogP contribution in [0.2, 0.25) is 5.02 Å². The summed E-state index contributed by atoms with van der Waals surface area (Å²) >= 11 is 7.57. The fraction of sp³-hybridized carbons (Fsp3) is 0.0625. The number of rotatable bonds is 4. The molecular weight excluding hydrogens is 332 g/mol. The van der Waals surface area contributed by atoms with Gasteiger partial charge in [-0.05, 0) is 24.5 Å². The van der Waals surface area contributed by atoms with Gasteiger partial charge in [0.1, 0.15) is 5.75 Å². The Hall–Kier alpha value is -2.31. The molecule has 0 amide bonds. The maximum absolute atomic E-state index is 9.57. The SMILES string of the molecule is CSc1nnc(-c2ccccc2)n1/N=C/c1cc(O)ccc1Cl. The van der Waals surface area contributed by atoms with Gasteiger partial charge >= 0.3 is 0 Å². The van der Waals surface area contributed by atoms with E-state index in [1.54, 1.807) is 23.0 Å². The van der Waals surface area contributed by atoms with Crippen molar-refractivity contribution in [3.63, 3.8) is 0 Å². The molecule has 0 saturated carbocycles. The Kier molecular flexibility index (Phi) is 4.64. The topological polar surface area (TPSA) is 63.3 Å². The monoisotopic (exact) mass is 344 g/mol. The molecule has 0 aliphatic carbocycles. The third-order valence-electron chi connectivity index (χ3n) is 3.12. The van der Waals surface area contributed by atoms with E-state index in [4.69, 9.17) is 11.6 Å². The van der Waals surface area contributed by atoms with Crippen LogP contribution in [0.4, 0.5) is 0 Å². The van der Waals surface area contributed by atoms with Gasteiger partial charge in [-0.1, -0.05) is 53.7 Å². The molecule has 7 heteroatoms. The molecule has 0 spiro atoms. The van der Waals surface area contributed by atoms with Crippen LogP contribution in [0, 0.1) is 0 Å². The highest BCUT2D eigenvalue weighted by Gasteiger charge is 2.12. The third kappa shape index (κ3) is 3.38. The number of halogens is 1. The molecule has 0 saturated heterocycles. The maximum Gasteiger partial charge on any atom is 0.212 e. The minimum absolute atomic E-state index is 0.132. The number of thioether (sulfide) groups is 1. The average molecular weight is 345 g/mol. The van der Waals surface area contributed by atoms with Crippen molar-refractivity contribution in [3.05, 3.63) is 59.1 Å². The van der Waals surface area contributed by atoms with Crippen LogP contribution in [0.25, 0.3) is 11.4 Å². The van der Waals surface area contributed by atoms with Gasteiger partial charge in [-0.2, -0.15) is 9.78 Å². The van der Waals surface area contributed by atoms with E-state index < -0.39 is 0 Å². The number of hydrogen-bond donors (Lipinski definition) is 1. The van der Waals surface area contributed by atoms with Crippen molar-refractivity contribution in [1.29, 1.82) is 0 Å². The molecule has 0 atom stereocenters. The van der Waals surface area contributed by atoms with Crippen molar-refractivity contribution >= 4 is 29.6 Å². The van der Waals surface area contributed by atoms with E-state index >= 15 is 0 Å². The highest BCUT2D eigenvalue weighted by molar-refractivity contribution is 7.98. The minimum Gasteiger partial charge on any atom is -0.508 e. The Morgan fingerprint density at radius 2 is 1.96 bits per heavy atom. The van der Waals surface area contributed by atoms with Gasteiger partial charge in [-0.25, -0.2) is 0 Å². The van der Waals surface area contributed by atoms with E-state index in [0.717, 1.165) is 5.56 Å². The van der Waals surface area contributed by atoms with Crippen LogP contribution in [-0.2, 0) is 0 Å². The van der Waals surface area contributed by atoms with Crippen LogP contribution >= 0.6 is 23.4 Å². The van der Waals surface area contributed by atoms with Gasteiger partial charge in [0.25, 0.3) is 0 Å². The van der Waals surface area contributed by atoms with Crippen LogP contribution in [-0.4, -0.2) is 32.5 Å². The molecule has 23 heavy (non-hydrogen) atoms. The van der Waals surface area contributed by atoms with Crippen molar-refractivity contribution < 1.29 is 5.11 Å².